The van der Waals surface area contributed by atoms with E-state index in [9.17, 15) is 9.59 Å². The fraction of sp³-hybridized carbons (Fsp3) is 0.857. The van der Waals surface area contributed by atoms with E-state index in [4.69, 9.17) is 4.74 Å². The minimum atomic E-state index is -0.472. The summed E-state index contributed by atoms with van der Waals surface area (Å²) < 4.78 is 4.82. The molecule has 7 nitrogen and oxygen atoms in total. The molecular weight excluding hydrogens is 272 g/mol. The first-order valence-electron chi connectivity index (χ1n) is 7.57. The second-order valence-electron chi connectivity index (χ2n) is 5.61. The van der Waals surface area contributed by atoms with Crippen molar-refractivity contribution in [1.29, 1.82) is 0 Å². The fourth-order valence-corrected chi connectivity index (χ4v) is 2.31. The van der Waals surface area contributed by atoms with Crippen LogP contribution in [0.25, 0.3) is 0 Å². The molecule has 0 aromatic rings. The van der Waals surface area contributed by atoms with Gasteiger partial charge >= 0.3 is 6.03 Å². The maximum atomic E-state index is 11.9. The zero-order valence-electron chi connectivity index (χ0n) is 13.3. The van der Waals surface area contributed by atoms with E-state index in [0.29, 0.717) is 19.2 Å². The molecule has 0 aliphatic carbocycles. The van der Waals surface area contributed by atoms with Crippen molar-refractivity contribution in [2.24, 2.45) is 0 Å². The van der Waals surface area contributed by atoms with Gasteiger partial charge in [0.1, 0.15) is 0 Å². The van der Waals surface area contributed by atoms with Crippen LogP contribution in [-0.4, -0.2) is 68.8 Å². The first kappa shape index (κ1) is 17.9. The zero-order valence-corrected chi connectivity index (χ0v) is 13.3. The Kier molecular flexibility index (Phi) is 8.26. The number of imide groups is 1. The lowest BCUT2D eigenvalue weighted by Gasteiger charge is -2.28. The van der Waals surface area contributed by atoms with Crippen LogP contribution in [0.4, 0.5) is 4.79 Å². The molecule has 1 fully saturated rings. The predicted molar refractivity (Wildman–Crippen MR) is 81.2 cm³/mol. The number of carbonyl (C=O) groups is 2. The van der Waals surface area contributed by atoms with E-state index >= 15 is 0 Å². The van der Waals surface area contributed by atoms with Crippen LogP contribution >= 0.6 is 0 Å². The van der Waals surface area contributed by atoms with Crippen molar-refractivity contribution in [1.82, 2.24) is 20.9 Å². The number of nitrogens with zero attached hydrogens (tertiary/aromatic N) is 1. The number of carbonyl (C=O) groups excluding carboxylic acids is 2. The largest absolute Gasteiger partial charge is 0.383 e. The molecule has 7 heteroatoms. The molecule has 122 valence electrons. The van der Waals surface area contributed by atoms with Crippen LogP contribution in [0.3, 0.4) is 0 Å². The second kappa shape index (κ2) is 9.70. The standard InChI is InChI=1S/C14H28N4O3/c1-11(2)18(9-12-5-4-6-15-12)10-13(19)17-14(20)16-7-8-21-3/h11-12,15H,4-10H2,1-3H3,(H2,16,17,19,20). The van der Waals surface area contributed by atoms with Gasteiger partial charge < -0.3 is 15.4 Å². The molecule has 0 spiro atoms. The third-order valence-electron chi connectivity index (χ3n) is 3.54. The van der Waals surface area contributed by atoms with Gasteiger partial charge in [0.2, 0.25) is 5.91 Å². The Morgan fingerprint density at radius 1 is 1.43 bits per heavy atom. The molecule has 1 rings (SSSR count). The number of rotatable bonds is 8. The van der Waals surface area contributed by atoms with Crippen molar-refractivity contribution in [2.75, 3.05) is 39.9 Å². The van der Waals surface area contributed by atoms with Gasteiger partial charge in [-0.15, -0.1) is 0 Å². The maximum absolute atomic E-state index is 11.9. The monoisotopic (exact) mass is 300 g/mol. The number of amides is 3. The lowest BCUT2D eigenvalue weighted by Crippen LogP contribution is -2.49. The van der Waals surface area contributed by atoms with Gasteiger partial charge in [-0.25, -0.2) is 4.79 Å². The average Bonchev–Trinajstić information content (AvgIpc) is 2.91. The molecule has 0 aromatic heterocycles. The van der Waals surface area contributed by atoms with E-state index in [0.717, 1.165) is 19.5 Å². The first-order valence-corrected chi connectivity index (χ1v) is 7.57. The molecule has 1 heterocycles. The highest BCUT2D eigenvalue weighted by Gasteiger charge is 2.22. The van der Waals surface area contributed by atoms with Gasteiger partial charge in [-0.2, -0.15) is 0 Å². The number of urea groups is 1. The summed E-state index contributed by atoms with van der Waals surface area (Å²) in [5.74, 6) is -0.281. The van der Waals surface area contributed by atoms with Crippen LogP contribution < -0.4 is 16.0 Å². The summed E-state index contributed by atoms with van der Waals surface area (Å²) in [7, 11) is 1.56. The molecule has 1 unspecified atom stereocenters. The summed E-state index contributed by atoms with van der Waals surface area (Å²) in [5, 5.41) is 8.33. The SMILES string of the molecule is COCCNC(=O)NC(=O)CN(CC1CCCN1)C(C)C. The van der Waals surface area contributed by atoms with Crippen molar-refractivity contribution >= 4 is 11.9 Å². The lowest BCUT2D eigenvalue weighted by atomic mass is 10.2. The van der Waals surface area contributed by atoms with Crippen molar-refractivity contribution in [3.63, 3.8) is 0 Å². The quantitative estimate of drug-likeness (QED) is 0.546. The number of ether oxygens (including phenoxy) is 1. The molecule has 0 saturated carbocycles. The van der Waals surface area contributed by atoms with Crippen molar-refractivity contribution in [3.05, 3.63) is 0 Å². The van der Waals surface area contributed by atoms with Crippen LogP contribution in [0.15, 0.2) is 0 Å². The lowest BCUT2D eigenvalue weighted by molar-refractivity contribution is -0.121. The van der Waals surface area contributed by atoms with E-state index in [1.165, 1.54) is 6.42 Å². The highest BCUT2D eigenvalue weighted by molar-refractivity contribution is 5.95. The molecule has 0 bridgehead atoms. The van der Waals surface area contributed by atoms with Crippen LogP contribution in [-0.2, 0) is 9.53 Å². The van der Waals surface area contributed by atoms with Gasteiger partial charge in [-0.1, -0.05) is 0 Å². The molecule has 0 radical (unpaired) electrons. The predicted octanol–water partition coefficient (Wildman–Crippen LogP) is -0.0790. The molecule has 1 aliphatic heterocycles. The topological polar surface area (TPSA) is 82.7 Å². The summed E-state index contributed by atoms with van der Waals surface area (Å²) in [5.41, 5.74) is 0. The summed E-state index contributed by atoms with van der Waals surface area (Å²) in [6, 6.07) is 0.227. The van der Waals surface area contributed by atoms with Gasteiger partial charge in [0.05, 0.1) is 13.2 Å². The smallest absolute Gasteiger partial charge is 0.321 e. The Morgan fingerprint density at radius 2 is 2.19 bits per heavy atom. The van der Waals surface area contributed by atoms with Gasteiger partial charge in [0, 0.05) is 32.3 Å². The normalized spacial score (nSPS) is 18.2. The Morgan fingerprint density at radius 3 is 2.76 bits per heavy atom. The molecule has 3 amide bonds. The average molecular weight is 300 g/mol. The van der Waals surface area contributed by atoms with Gasteiger partial charge in [0.15, 0.2) is 0 Å². The molecular formula is C14H28N4O3. The zero-order chi connectivity index (χ0) is 15.7. The number of methoxy groups -OCH3 is 1. The maximum Gasteiger partial charge on any atom is 0.321 e. The molecule has 1 aliphatic rings. The fourth-order valence-electron chi connectivity index (χ4n) is 2.31. The molecule has 21 heavy (non-hydrogen) atoms. The minimum absolute atomic E-state index is 0.230. The second-order valence-corrected chi connectivity index (χ2v) is 5.61. The highest BCUT2D eigenvalue weighted by Crippen LogP contribution is 2.09. The van der Waals surface area contributed by atoms with Gasteiger partial charge in [0.25, 0.3) is 0 Å². The molecule has 0 aromatic carbocycles. The van der Waals surface area contributed by atoms with E-state index in [1.54, 1.807) is 7.11 Å². The van der Waals surface area contributed by atoms with E-state index in [1.807, 2.05) is 0 Å². The van der Waals surface area contributed by atoms with Crippen LogP contribution in [0.1, 0.15) is 26.7 Å². The van der Waals surface area contributed by atoms with E-state index in [2.05, 4.69) is 34.7 Å². The van der Waals surface area contributed by atoms with E-state index < -0.39 is 6.03 Å². The Hall–Kier alpha value is -1.18. The summed E-state index contributed by atoms with van der Waals surface area (Å²) >= 11 is 0. The van der Waals surface area contributed by atoms with Crippen LogP contribution in [0.5, 0.6) is 0 Å². The van der Waals surface area contributed by atoms with Crippen molar-refractivity contribution in [3.8, 4) is 0 Å². The van der Waals surface area contributed by atoms with Crippen molar-refractivity contribution in [2.45, 2.75) is 38.8 Å². The minimum Gasteiger partial charge on any atom is -0.383 e. The van der Waals surface area contributed by atoms with Gasteiger partial charge in [-0.3, -0.25) is 15.0 Å². The summed E-state index contributed by atoms with van der Waals surface area (Å²) in [6.07, 6.45) is 2.33. The highest BCUT2D eigenvalue weighted by atomic mass is 16.5. The van der Waals surface area contributed by atoms with Crippen LogP contribution in [0.2, 0.25) is 0 Å². The molecule has 3 N–H and O–H groups in total. The number of hydrogen-bond acceptors (Lipinski definition) is 5. The number of hydrogen-bond donors (Lipinski definition) is 3. The van der Waals surface area contributed by atoms with Gasteiger partial charge in [-0.05, 0) is 33.2 Å². The van der Waals surface area contributed by atoms with Crippen molar-refractivity contribution < 1.29 is 14.3 Å². The van der Waals surface area contributed by atoms with Crippen LogP contribution in [0, 0.1) is 0 Å². The Balaban J connectivity index is 2.32. The Labute approximate surface area is 126 Å². The summed E-state index contributed by atoms with van der Waals surface area (Å²) in [4.78, 5) is 25.5. The molecule has 1 atom stereocenters. The summed E-state index contributed by atoms with van der Waals surface area (Å²) in [6.45, 7) is 7.03. The van der Waals surface area contributed by atoms with E-state index in [-0.39, 0.29) is 18.5 Å². The molecule has 1 saturated heterocycles. The Bertz CT molecular complexity index is 330. The first-order chi connectivity index (χ1) is 10.0. The number of nitrogens with one attached hydrogen (secondary N) is 3. The third kappa shape index (κ3) is 7.40. The third-order valence-corrected chi connectivity index (χ3v) is 3.54.